The second-order valence-corrected chi connectivity index (χ2v) is 6.63. The number of allylic oxidation sites excluding steroid dienone is 2. The first-order chi connectivity index (χ1) is 12.4. The van der Waals surface area contributed by atoms with Crippen molar-refractivity contribution in [3.63, 3.8) is 0 Å². The number of nitriles is 2. The highest BCUT2D eigenvalue weighted by Crippen LogP contribution is 2.38. The minimum absolute atomic E-state index is 0.164. The minimum atomic E-state index is -0.514. The topological polar surface area (TPSA) is 92.3 Å². The number of amides is 1. The number of aliphatic imine (C=N–C) groups is 1. The molecule has 1 aliphatic rings. The van der Waals surface area contributed by atoms with Crippen LogP contribution in [0.25, 0.3) is 0 Å². The highest BCUT2D eigenvalue weighted by atomic mass is 16.1. The van der Waals surface area contributed by atoms with E-state index >= 15 is 0 Å². The fourth-order valence-electron chi connectivity index (χ4n) is 3.07. The Hall–Kier alpha value is -2.96. The zero-order valence-electron chi connectivity index (χ0n) is 15.6. The summed E-state index contributed by atoms with van der Waals surface area (Å²) in [4.78, 5) is 18.7. The maximum absolute atomic E-state index is 12.4. The Balaban J connectivity index is 2.34. The van der Waals surface area contributed by atoms with E-state index in [1.807, 2.05) is 25.1 Å². The van der Waals surface area contributed by atoms with Gasteiger partial charge in [0.25, 0.3) is 5.91 Å². The quantitative estimate of drug-likeness (QED) is 0.884. The molecule has 0 spiro atoms. The van der Waals surface area contributed by atoms with Crippen LogP contribution in [0.4, 0.5) is 0 Å². The van der Waals surface area contributed by atoms with Crippen molar-refractivity contribution in [1.29, 1.82) is 10.5 Å². The molecule has 0 saturated heterocycles. The van der Waals surface area contributed by atoms with Gasteiger partial charge >= 0.3 is 0 Å². The van der Waals surface area contributed by atoms with Crippen molar-refractivity contribution in [1.82, 2.24) is 10.2 Å². The van der Waals surface area contributed by atoms with Crippen molar-refractivity contribution in [3.05, 3.63) is 46.7 Å². The van der Waals surface area contributed by atoms with Crippen molar-refractivity contribution in [3.8, 4) is 12.1 Å². The first-order valence-corrected chi connectivity index (χ1v) is 8.47. The summed E-state index contributed by atoms with van der Waals surface area (Å²) in [6, 6.07) is 11.6. The van der Waals surface area contributed by atoms with E-state index in [0.29, 0.717) is 29.1 Å². The molecular formula is C20H23N5O. The highest BCUT2D eigenvalue weighted by molar-refractivity contribution is 5.95. The van der Waals surface area contributed by atoms with E-state index in [1.165, 1.54) is 0 Å². The van der Waals surface area contributed by atoms with E-state index in [-0.39, 0.29) is 5.91 Å². The maximum atomic E-state index is 12.4. The lowest BCUT2D eigenvalue weighted by Gasteiger charge is -2.27. The van der Waals surface area contributed by atoms with Gasteiger partial charge in [-0.1, -0.05) is 12.1 Å². The number of hydrogen-bond donors (Lipinski definition) is 1. The second-order valence-electron chi connectivity index (χ2n) is 6.63. The van der Waals surface area contributed by atoms with E-state index in [0.717, 1.165) is 12.1 Å². The molecule has 0 aliphatic carbocycles. The van der Waals surface area contributed by atoms with Crippen molar-refractivity contribution >= 4 is 11.6 Å². The van der Waals surface area contributed by atoms with Crippen LogP contribution in [0.2, 0.25) is 0 Å². The van der Waals surface area contributed by atoms with Crippen molar-refractivity contribution in [2.75, 3.05) is 27.2 Å². The lowest BCUT2D eigenvalue weighted by atomic mass is 9.76. The monoisotopic (exact) mass is 349 g/mol. The molecule has 1 aromatic carbocycles. The van der Waals surface area contributed by atoms with Crippen molar-refractivity contribution in [2.24, 2.45) is 10.9 Å². The molecular weight excluding hydrogens is 326 g/mol. The lowest BCUT2D eigenvalue weighted by molar-refractivity contribution is 0.0951. The van der Waals surface area contributed by atoms with Crippen LogP contribution in [-0.4, -0.2) is 43.7 Å². The Labute approximate surface area is 154 Å². The second kappa shape index (κ2) is 8.42. The maximum Gasteiger partial charge on any atom is 0.251 e. The molecule has 6 heteroatoms. The van der Waals surface area contributed by atoms with Gasteiger partial charge in [0.1, 0.15) is 0 Å². The van der Waals surface area contributed by atoms with E-state index < -0.39 is 11.8 Å². The van der Waals surface area contributed by atoms with E-state index in [1.54, 1.807) is 32.0 Å². The van der Waals surface area contributed by atoms with Gasteiger partial charge in [-0.05, 0) is 45.6 Å². The average Bonchev–Trinajstić information content (AvgIpc) is 2.61. The Morgan fingerprint density at radius 2 is 2.04 bits per heavy atom. The molecule has 1 aromatic rings. The molecule has 2 atom stereocenters. The third kappa shape index (κ3) is 4.17. The number of hydrogen-bond acceptors (Lipinski definition) is 5. The molecule has 0 radical (unpaired) electrons. The first-order valence-electron chi connectivity index (χ1n) is 8.47. The molecule has 1 amide bonds. The zero-order chi connectivity index (χ0) is 19.3. The van der Waals surface area contributed by atoms with E-state index in [4.69, 9.17) is 0 Å². The summed E-state index contributed by atoms with van der Waals surface area (Å²) in [5, 5.41) is 22.0. The third-order valence-electron chi connectivity index (χ3n) is 4.44. The SMILES string of the molecule is CC1=NC(C)=C(C#N)C(c2cccc(C(=O)NCCN(C)C)c2)C1C#N. The van der Waals surface area contributed by atoms with Crippen LogP contribution in [0.5, 0.6) is 0 Å². The van der Waals surface area contributed by atoms with Crippen LogP contribution in [-0.2, 0) is 0 Å². The third-order valence-corrected chi connectivity index (χ3v) is 4.44. The lowest BCUT2D eigenvalue weighted by Crippen LogP contribution is -2.31. The van der Waals surface area contributed by atoms with Crippen LogP contribution in [0.1, 0.15) is 35.7 Å². The fourth-order valence-corrected chi connectivity index (χ4v) is 3.07. The molecule has 2 unspecified atom stereocenters. The summed E-state index contributed by atoms with van der Waals surface area (Å²) in [6.45, 7) is 4.88. The molecule has 1 aliphatic heterocycles. The van der Waals surface area contributed by atoms with Gasteiger partial charge in [-0.3, -0.25) is 9.79 Å². The standard InChI is InChI=1S/C20H23N5O/c1-13-17(11-21)19(18(12-22)14(2)24-13)15-6-5-7-16(10-15)20(26)23-8-9-25(3)4/h5-7,10,17,19H,8-9H2,1-4H3,(H,23,26). The summed E-state index contributed by atoms with van der Waals surface area (Å²) in [6.07, 6.45) is 0. The molecule has 2 rings (SSSR count). The Kier molecular flexibility index (Phi) is 6.27. The molecule has 26 heavy (non-hydrogen) atoms. The van der Waals surface area contributed by atoms with Gasteiger partial charge in [0.05, 0.1) is 29.3 Å². The molecule has 0 aromatic heterocycles. The molecule has 0 fully saturated rings. The van der Waals surface area contributed by atoms with Crippen LogP contribution in [0, 0.1) is 28.6 Å². The molecule has 6 nitrogen and oxygen atoms in total. The van der Waals surface area contributed by atoms with Crippen LogP contribution < -0.4 is 5.32 Å². The van der Waals surface area contributed by atoms with Crippen molar-refractivity contribution in [2.45, 2.75) is 19.8 Å². The summed E-state index contributed by atoms with van der Waals surface area (Å²) in [7, 11) is 3.89. The molecule has 0 saturated carbocycles. The summed E-state index contributed by atoms with van der Waals surface area (Å²) in [5.74, 6) is -1.08. The van der Waals surface area contributed by atoms with E-state index in [2.05, 4.69) is 22.4 Å². The first kappa shape index (κ1) is 19.4. The highest BCUT2D eigenvalue weighted by Gasteiger charge is 2.34. The average molecular weight is 349 g/mol. The largest absolute Gasteiger partial charge is 0.351 e. The summed E-state index contributed by atoms with van der Waals surface area (Å²) in [5.41, 5.74) is 3.10. The Morgan fingerprint density at radius 1 is 1.31 bits per heavy atom. The van der Waals surface area contributed by atoms with Gasteiger partial charge in [-0.2, -0.15) is 10.5 Å². The molecule has 1 N–H and O–H groups in total. The zero-order valence-corrected chi connectivity index (χ0v) is 15.6. The van der Waals surface area contributed by atoms with Crippen LogP contribution >= 0.6 is 0 Å². The number of nitrogens with zero attached hydrogens (tertiary/aromatic N) is 4. The van der Waals surface area contributed by atoms with Crippen LogP contribution in [0.15, 0.2) is 40.5 Å². The van der Waals surface area contributed by atoms with E-state index in [9.17, 15) is 15.3 Å². The smallest absolute Gasteiger partial charge is 0.251 e. The van der Waals surface area contributed by atoms with Gasteiger partial charge in [0.15, 0.2) is 0 Å². The predicted molar refractivity (Wildman–Crippen MR) is 101 cm³/mol. The predicted octanol–water partition coefficient (Wildman–Crippen LogP) is 2.47. The normalized spacial score (nSPS) is 19.6. The summed E-state index contributed by atoms with van der Waals surface area (Å²) >= 11 is 0. The number of nitrogens with one attached hydrogen (secondary N) is 1. The number of benzene rings is 1. The van der Waals surface area contributed by atoms with Gasteiger partial charge < -0.3 is 10.2 Å². The van der Waals surface area contributed by atoms with Gasteiger partial charge in [0.2, 0.25) is 0 Å². The van der Waals surface area contributed by atoms with Crippen molar-refractivity contribution < 1.29 is 4.79 Å². The number of rotatable bonds is 5. The Morgan fingerprint density at radius 3 is 2.65 bits per heavy atom. The van der Waals surface area contributed by atoms with Gasteiger partial charge in [-0.15, -0.1) is 0 Å². The van der Waals surface area contributed by atoms with Gasteiger partial charge in [0, 0.05) is 30.3 Å². The minimum Gasteiger partial charge on any atom is -0.351 e. The fraction of sp³-hybridized carbons (Fsp3) is 0.400. The Bertz CT molecular complexity index is 838. The number of likely N-dealkylation sites (N-methyl/N-ethyl adjacent to an activating group) is 1. The number of carbonyl (C=O) groups is 1. The number of carbonyl (C=O) groups excluding carboxylic acids is 1. The summed E-state index contributed by atoms with van der Waals surface area (Å²) < 4.78 is 0. The molecule has 1 heterocycles. The molecule has 0 bridgehead atoms. The van der Waals surface area contributed by atoms with Crippen LogP contribution in [0.3, 0.4) is 0 Å². The van der Waals surface area contributed by atoms with Gasteiger partial charge in [-0.25, -0.2) is 0 Å². The molecule has 134 valence electrons.